The molecule has 50 valence electrons. The molecule has 0 unspecified atom stereocenters. The Balaban J connectivity index is 3.96. The van der Waals surface area contributed by atoms with Crippen LogP contribution in [0.2, 0.25) is 0 Å². The molecule has 0 aromatic carbocycles. The van der Waals surface area contributed by atoms with Crippen molar-refractivity contribution < 1.29 is 0 Å². The summed E-state index contributed by atoms with van der Waals surface area (Å²) in [5.41, 5.74) is 2.71. The molecular formula is C8H11Cl. The van der Waals surface area contributed by atoms with E-state index in [1.165, 1.54) is 11.1 Å². The maximum Gasteiger partial charge on any atom is 0.00451 e. The maximum atomic E-state index is 5.36. The van der Waals surface area contributed by atoms with Crippen LogP contribution in [0.15, 0.2) is 35.9 Å². The van der Waals surface area contributed by atoms with Crippen molar-refractivity contribution in [3.05, 3.63) is 35.9 Å². The molecule has 0 bridgehead atoms. The predicted octanol–water partition coefficient (Wildman–Crippen LogP) is 3.26. The maximum absolute atomic E-state index is 5.36. The highest BCUT2D eigenvalue weighted by atomic mass is 35.5. The molecule has 0 atom stereocenters. The van der Waals surface area contributed by atoms with Crippen LogP contribution in [0.5, 0.6) is 0 Å². The van der Waals surface area contributed by atoms with Crippen LogP contribution in [-0.2, 0) is 0 Å². The Kier molecular flexibility index (Phi) is 5.34. The van der Waals surface area contributed by atoms with Crippen molar-refractivity contribution in [2.24, 2.45) is 0 Å². The number of hydrogen-bond donors (Lipinski definition) is 0. The predicted molar refractivity (Wildman–Crippen MR) is 43.6 cm³/mol. The molecule has 1 heteroatoms. The van der Waals surface area contributed by atoms with E-state index < -0.39 is 0 Å². The van der Waals surface area contributed by atoms with Crippen molar-refractivity contribution in [3.63, 3.8) is 0 Å². The molecule has 0 saturated carbocycles. The lowest BCUT2D eigenvalue weighted by Gasteiger charge is -1.90. The van der Waals surface area contributed by atoms with Crippen molar-refractivity contribution in [2.45, 2.75) is 13.3 Å². The highest BCUT2D eigenvalue weighted by molar-refractivity contribution is 6.25. The number of rotatable bonds is 3. The third-order valence-electron chi connectivity index (χ3n) is 1.02. The first-order valence-corrected chi connectivity index (χ1v) is 3.37. The summed E-state index contributed by atoms with van der Waals surface area (Å²) in [5, 5.41) is 0. The SMILES string of the molecule is C=C/C=C(\C=C\Cl)CC. The van der Waals surface area contributed by atoms with Gasteiger partial charge in [-0.15, -0.1) is 0 Å². The molecule has 0 aliphatic carbocycles. The molecule has 0 heterocycles. The summed E-state index contributed by atoms with van der Waals surface area (Å²) in [4.78, 5) is 0. The molecule has 0 nitrogen and oxygen atoms in total. The summed E-state index contributed by atoms with van der Waals surface area (Å²) >= 11 is 5.36. The summed E-state index contributed by atoms with van der Waals surface area (Å²) in [6.45, 7) is 5.65. The molecule has 0 aliphatic rings. The Morgan fingerprint density at radius 3 is 2.67 bits per heavy atom. The summed E-state index contributed by atoms with van der Waals surface area (Å²) in [6, 6.07) is 0. The van der Waals surface area contributed by atoms with Gasteiger partial charge in [0.25, 0.3) is 0 Å². The van der Waals surface area contributed by atoms with E-state index in [1.807, 2.05) is 12.2 Å². The molecule has 0 aromatic rings. The van der Waals surface area contributed by atoms with Crippen LogP contribution >= 0.6 is 11.6 Å². The smallest absolute Gasteiger partial charge is 0.00451 e. The zero-order valence-electron chi connectivity index (χ0n) is 5.60. The van der Waals surface area contributed by atoms with Crippen LogP contribution in [0.4, 0.5) is 0 Å². The highest BCUT2D eigenvalue weighted by Gasteiger charge is 1.81. The highest BCUT2D eigenvalue weighted by Crippen LogP contribution is 2.02. The molecule has 0 radical (unpaired) electrons. The Morgan fingerprint density at radius 1 is 1.67 bits per heavy atom. The van der Waals surface area contributed by atoms with E-state index in [-0.39, 0.29) is 0 Å². The lowest BCUT2D eigenvalue weighted by Crippen LogP contribution is -1.69. The van der Waals surface area contributed by atoms with Gasteiger partial charge in [0.15, 0.2) is 0 Å². The lowest BCUT2D eigenvalue weighted by molar-refractivity contribution is 1.15. The summed E-state index contributed by atoms with van der Waals surface area (Å²) < 4.78 is 0. The molecule has 0 aliphatic heterocycles. The minimum absolute atomic E-state index is 0.995. The number of allylic oxidation sites excluding steroid dienone is 4. The van der Waals surface area contributed by atoms with Gasteiger partial charge in [-0.1, -0.05) is 37.3 Å². The van der Waals surface area contributed by atoms with Crippen molar-refractivity contribution in [3.8, 4) is 0 Å². The summed E-state index contributed by atoms with van der Waals surface area (Å²) in [6.07, 6.45) is 6.56. The Bertz CT molecular complexity index is 132. The lowest BCUT2D eigenvalue weighted by atomic mass is 10.2. The quantitative estimate of drug-likeness (QED) is 0.531. The van der Waals surface area contributed by atoms with Gasteiger partial charge in [-0.25, -0.2) is 0 Å². The Morgan fingerprint density at radius 2 is 2.33 bits per heavy atom. The van der Waals surface area contributed by atoms with E-state index in [4.69, 9.17) is 11.6 Å². The van der Waals surface area contributed by atoms with E-state index >= 15 is 0 Å². The van der Waals surface area contributed by atoms with Crippen molar-refractivity contribution in [1.29, 1.82) is 0 Å². The van der Waals surface area contributed by atoms with E-state index in [0.29, 0.717) is 0 Å². The zero-order chi connectivity index (χ0) is 7.11. The first kappa shape index (κ1) is 8.51. The van der Waals surface area contributed by atoms with Gasteiger partial charge in [0.1, 0.15) is 0 Å². The van der Waals surface area contributed by atoms with Gasteiger partial charge in [-0.3, -0.25) is 0 Å². The largest absolute Gasteiger partial charge is 0.0991 e. The van der Waals surface area contributed by atoms with Crippen LogP contribution < -0.4 is 0 Å². The molecule has 0 saturated heterocycles. The fourth-order valence-electron chi connectivity index (χ4n) is 0.524. The van der Waals surface area contributed by atoms with Gasteiger partial charge in [0.2, 0.25) is 0 Å². The third-order valence-corrected chi connectivity index (χ3v) is 1.14. The summed E-state index contributed by atoms with van der Waals surface area (Å²) in [7, 11) is 0. The van der Waals surface area contributed by atoms with Gasteiger partial charge in [0.05, 0.1) is 0 Å². The van der Waals surface area contributed by atoms with Gasteiger partial charge in [0, 0.05) is 5.54 Å². The fourth-order valence-corrected chi connectivity index (χ4v) is 0.685. The van der Waals surface area contributed by atoms with Crippen molar-refractivity contribution in [2.75, 3.05) is 0 Å². The Hall–Kier alpha value is -0.490. The van der Waals surface area contributed by atoms with Gasteiger partial charge >= 0.3 is 0 Å². The van der Waals surface area contributed by atoms with E-state index in [0.717, 1.165) is 6.42 Å². The van der Waals surface area contributed by atoms with Gasteiger partial charge in [-0.2, -0.15) is 0 Å². The average molecular weight is 143 g/mol. The number of hydrogen-bond acceptors (Lipinski definition) is 0. The van der Waals surface area contributed by atoms with Crippen LogP contribution in [0.3, 0.4) is 0 Å². The van der Waals surface area contributed by atoms with E-state index in [9.17, 15) is 0 Å². The second kappa shape index (κ2) is 5.64. The third kappa shape index (κ3) is 4.04. The second-order valence-corrected chi connectivity index (χ2v) is 1.88. The normalized spacial score (nSPS) is 12.4. The Labute approximate surface area is 61.5 Å². The molecule has 0 rings (SSSR count). The minimum Gasteiger partial charge on any atom is -0.0991 e. The van der Waals surface area contributed by atoms with Crippen LogP contribution in [0, 0.1) is 0 Å². The molecule has 0 aromatic heterocycles. The molecule has 0 N–H and O–H groups in total. The monoisotopic (exact) mass is 142 g/mol. The van der Waals surface area contributed by atoms with Crippen LogP contribution in [0.25, 0.3) is 0 Å². The first-order chi connectivity index (χ1) is 4.35. The van der Waals surface area contributed by atoms with Crippen LogP contribution in [-0.4, -0.2) is 0 Å². The first-order valence-electron chi connectivity index (χ1n) is 2.93. The van der Waals surface area contributed by atoms with Crippen molar-refractivity contribution >= 4 is 11.6 Å². The molecule has 0 amide bonds. The molecule has 0 fully saturated rings. The summed E-state index contributed by atoms with van der Waals surface area (Å²) in [5.74, 6) is 0. The van der Waals surface area contributed by atoms with Crippen molar-refractivity contribution in [1.82, 2.24) is 0 Å². The zero-order valence-corrected chi connectivity index (χ0v) is 6.36. The average Bonchev–Trinajstić information content (AvgIpc) is 1.88. The van der Waals surface area contributed by atoms with Crippen LogP contribution in [0.1, 0.15) is 13.3 Å². The molecule has 0 spiro atoms. The fraction of sp³-hybridized carbons (Fsp3) is 0.250. The topological polar surface area (TPSA) is 0 Å². The number of halogens is 1. The molecule has 9 heavy (non-hydrogen) atoms. The van der Waals surface area contributed by atoms with E-state index in [1.54, 1.807) is 6.08 Å². The van der Waals surface area contributed by atoms with E-state index in [2.05, 4.69) is 13.5 Å². The van der Waals surface area contributed by atoms with Gasteiger partial charge in [-0.05, 0) is 18.1 Å². The standard InChI is InChI=1S/C8H11Cl/c1-3-5-8(4-2)6-7-9/h3,5-7H,1,4H2,2H3/b7-6+,8-5-. The minimum atomic E-state index is 0.995. The second-order valence-electron chi connectivity index (χ2n) is 1.62. The van der Waals surface area contributed by atoms with Gasteiger partial charge < -0.3 is 0 Å². The molecular weight excluding hydrogens is 132 g/mol.